The molecule has 1 aromatic carbocycles. The molecule has 33 heavy (non-hydrogen) atoms. The average Bonchev–Trinajstić information content (AvgIpc) is 2.76. The Bertz CT molecular complexity index is 735. The number of carbonyl (C=O) groups excluding carboxylic acids is 3. The number of nitrogens with two attached hydrogens (primary N) is 1. The molecule has 0 unspecified atom stereocenters. The van der Waals surface area contributed by atoms with Gasteiger partial charge in [0.05, 0.1) is 0 Å². The smallest absolute Gasteiger partial charge is 0.407 e. The maximum absolute atomic E-state index is 12.7. The van der Waals surface area contributed by atoms with Crippen molar-refractivity contribution in [2.24, 2.45) is 5.73 Å². The first-order valence-corrected chi connectivity index (χ1v) is 11.4. The summed E-state index contributed by atoms with van der Waals surface area (Å²) in [6, 6.07) is 9.35. The number of aliphatic hydroxyl groups is 1. The van der Waals surface area contributed by atoms with Crippen LogP contribution >= 0.6 is 0 Å². The third-order valence-electron chi connectivity index (χ3n) is 4.77. The van der Waals surface area contributed by atoms with Crippen LogP contribution in [0.1, 0.15) is 64.9 Å². The van der Waals surface area contributed by atoms with Crippen molar-refractivity contribution >= 4 is 18.0 Å². The first kappa shape index (κ1) is 28.4. The molecule has 186 valence electrons. The largest absolute Gasteiger partial charge is 0.458 e. The van der Waals surface area contributed by atoms with E-state index in [-0.39, 0.29) is 19.6 Å². The number of rotatable bonds is 14. The van der Waals surface area contributed by atoms with Crippen molar-refractivity contribution in [1.29, 1.82) is 0 Å². The standard InChI is InChI=1S/C24H39N3O6/c1-23(2,3)33-21(30)24(25,20(29)26-15-9-5-11-17-28)14-8-10-16-27-22(31)32-18-19-12-6-4-7-13-19/h4,6-7,12-13,28H,5,8-11,14-18,25H2,1-3H3,(H,26,29)(H,27,31)/t24-/m0/s1. The van der Waals surface area contributed by atoms with Gasteiger partial charge in [0.15, 0.2) is 5.54 Å². The zero-order valence-corrected chi connectivity index (χ0v) is 20.0. The van der Waals surface area contributed by atoms with Crippen LogP contribution in [0.15, 0.2) is 30.3 Å². The Labute approximate surface area is 196 Å². The van der Waals surface area contributed by atoms with E-state index in [9.17, 15) is 14.4 Å². The van der Waals surface area contributed by atoms with Gasteiger partial charge in [-0.2, -0.15) is 0 Å². The molecule has 9 nitrogen and oxygen atoms in total. The van der Waals surface area contributed by atoms with Gasteiger partial charge < -0.3 is 30.9 Å². The number of alkyl carbamates (subject to hydrolysis) is 1. The van der Waals surface area contributed by atoms with Gasteiger partial charge in [-0.25, -0.2) is 9.59 Å². The molecule has 0 fully saturated rings. The van der Waals surface area contributed by atoms with Crippen LogP contribution in [0, 0.1) is 0 Å². The maximum atomic E-state index is 12.7. The highest BCUT2D eigenvalue weighted by Crippen LogP contribution is 2.19. The number of hydrogen-bond donors (Lipinski definition) is 4. The van der Waals surface area contributed by atoms with Gasteiger partial charge in [-0.05, 0) is 64.9 Å². The second-order valence-corrected chi connectivity index (χ2v) is 8.96. The minimum Gasteiger partial charge on any atom is -0.458 e. The van der Waals surface area contributed by atoms with Gasteiger partial charge in [0.25, 0.3) is 5.91 Å². The summed E-state index contributed by atoms with van der Waals surface area (Å²) in [6.45, 7) is 6.09. The molecule has 0 aromatic heterocycles. The van der Waals surface area contributed by atoms with E-state index in [1.54, 1.807) is 20.8 Å². The Balaban J connectivity index is 2.49. The fourth-order valence-corrected chi connectivity index (χ4v) is 2.94. The highest BCUT2D eigenvalue weighted by molar-refractivity contribution is 6.07. The van der Waals surface area contributed by atoms with Gasteiger partial charge in [0.1, 0.15) is 12.2 Å². The zero-order valence-electron chi connectivity index (χ0n) is 20.0. The van der Waals surface area contributed by atoms with E-state index in [0.717, 1.165) is 12.0 Å². The molecule has 0 aliphatic carbocycles. The van der Waals surface area contributed by atoms with Crippen molar-refractivity contribution in [2.75, 3.05) is 19.7 Å². The van der Waals surface area contributed by atoms with Crippen LogP contribution in [0.5, 0.6) is 0 Å². The average molecular weight is 466 g/mol. The van der Waals surface area contributed by atoms with Crippen LogP contribution in [0.25, 0.3) is 0 Å². The molecule has 0 aliphatic rings. The molecule has 9 heteroatoms. The summed E-state index contributed by atoms with van der Waals surface area (Å²) in [5.41, 5.74) is 4.53. The van der Waals surface area contributed by atoms with Crippen LogP contribution in [0.3, 0.4) is 0 Å². The highest BCUT2D eigenvalue weighted by atomic mass is 16.6. The number of aliphatic hydroxyl groups excluding tert-OH is 1. The summed E-state index contributed by atoms with van der Waals surface area (Å²) in [4.78, 5) is 37.3. The van der Waals surface area contributed by atoms with Gasteiger partial charge in [0, 0.05) is 19.7 Å². The monoisotopic (exact) mass is 465 g/mol. The molecule has 0 radical (unpaired) electrons. The summed E-state index contributed by atoms with van der Waals surface area (Å²) in [6.07, 6.45) is 2.55. The summed E-state index contributed by atoms with van der Waals surface area (Å²) in [5, 5.41) is 14.2. The molecule has 0 saturated heterocycles. The van der Waals surface area contributed by atoms with E-state index < -0.39 is 29.1 Å². The Hall–Kier alpha value is -2.65. The molecular weight excluding hydrogens is 426 g/mol. The SMILES string of the molecule is CC(C)(C)OC(=O)[C@](N)(CCCCNC(=O)OCc1ccccc1)C(=O)NCCCCCO. The number of nitrogens with one attached hydrogen (secondary N) is 2. The minimum absolute atomic E-state index is 0.0745. The van der Waals surface area contributed by atoms with Gasteiger partial charge in [-0.1, -0.05) is 30.3 Å². The second kappa shape index (κ2) is 14.5. The number of benzene rings is 1. The molecule has 5 N–H and O–H groups in total. The number of amides is 2. The summed E-state index contributed by atoms with van der Waals surface area (Å²) < 4.78 is 10.5. The van der Waals surface area contributed by atoms with Gasteiger partial charge in [0.2, 0.25) is 0 Å². The topological polar surface area (TPSA) is 140 Å². The lowest BCUT2D eigenvalue weighted by atomic mass is 9.92. The maximum Gasteiger partial charge on any atom is 0.407 e. The quantitative estimate of drug-likeness (QED) is 0.188. The molecule has 0 spiro atoms. The third-order valence-corrected chi connectivity index (χ3v) is 4.77. The molecule has 0 aliphatic heterocycles. The number of hydrogen-bond acceptors (Lipinski definition) is 7. The van der Waals surface area contributed by atoms with E-state index in [0.29, 0.717) is 38.8 Å². The predicted octanol–water partition coefficient (Wildman–Crippen LogP) is 2.40. The van der Waals surface area contributed by atoms with Crippen LogP contribution in [-0.2, 0) is 25.7 Å². The van der Waals surface area contributed by atoms with E-state index in [1.165, 1.54) is 0 Å². The van der Waals surface area contributed by atoms with Crippen LogP contribution in [0.4, 0.5) is 4.79 Å². The molecule has 1 atom stereocenters. The van der Waals surface area contributed by atoms with Crippen molar-refractivity contribution in [3.05, 3.63) is 35.9 Å². The van der Waals surface area contributed by atoms with E-state index in [4.69, 9.17) is 20.3 Å². The fourth-order valence-electron chi connectivity index (χ4n) is 2.94. The molecule has 1 rings (SSSR count). The normalized spacial score (nSPS) is 13.0. The van der Waals surface area contributed by atoms with Crippen molar-refractivity contribution in [2.45, 2.75) is 77.0 Å². The summed E-state index contributed by atoms with van der Waals surface area (Å²) in [7, 11) is 0. The molecule has 2 amide bonds. The Morgan fingerprint density at radius 3 is 2.21 bits per heavy atom. The van der Waals surface area contributed by atoms with Crippen LogP contribution in [-0.4, -0.2) is 53.9 Å². The first-order valence-electron chi connectivity index (χ1n) is 11.4. The molecular formula is C24H39N3O6. The Morgan fingerprint density at radius 2 is 1.58 bits per heavy atom. The lowest BCUT2D eigenvalue weighted by Gasteiger charge is -2.30. The van der Waals surface area contributed by atoms with Crippen molar-refractivity contribution in [3.8, 4) is 0 Å². The van der Waals surface area contributed by atoms with E-state index in [1.807, 2.05) is 30.3 Å². The highest BCUT2D eigenvalue weighted by Gasteiger charge is 2.44. The van der Waals surface area contributed by atoms with E-state index in [2.05, 4.69) is 10.6 Å². The molecule has 0 heterocycles. The van der Waals surface area contributed by atoms with Crippen molar-refractivity contribution in [3.63, 3.8) is 0 Å². The zero-order chi connectivity index (χ0) is 24.7. The molecule has 0 bridgehead atoms. The summed E-state index contributed by atoms with van der Waals surface area (Å²) >= 11 is 0. The third kappa shape index (κ3) is 11.7. The Morgan fingerprint density at radius 1 is 0.939 bits per heavy atom. The van der Waals surface area contributed by atoms with Gasteiger partial charge in [-0.3, -0.25) is 4.79 Å². The van der Waals surface area contributed by atoms with Crippen LogP contribution < -0.4 is 16.4 Å². The lowest BCUT2D eigenvalue weighted by molar-refractivity contribution is -0.164. The van der Waals surface area contributed by atoms with Gasteiger partial charge >= 0.3 is 12.1 Å². The van der Waals surface area contributed by atoms with Crippen LogP contribution in [0.2, 0.25) is 0 Å². The minimum atomic E-state index is -1.82. The Kier molecular flexibility index (Phi) is 12.5. The van der Waals surface area contributed by atoms with Crippen molar-refractivity contribution in [1.82, 2.24) is 10.6 Å². The predicted molar refractivity (Wildman–Crippen MR) is 125 cm³/mol. The van der Waals surface area contributed by atoms with Gasteiger partial charge in [-0.15, -0.1) is 0 Å². The lowest BCUT2D eigenvalue weighted by Crippen LogP contribution is -2.61. The first-order chi connectivity index (χ1) is 15.6. The second-order valence-electron chi connectivity index (χ2n) is 8.96. The van der Waals surface area contributed by atoms with Crippen molar-refractivity contribution < 1.29 is 29.0 Å². The number of unbranched alkanes of at least 4 members (excludes halogenated alkanes) is 3. The number of carbonyl (C=O) groups is 3. The molecule has 1 aromatic rings. The molecule has 0 saturated carbocycles. The number of esters is 1. The van der Waals surface area contributed by atoms with E-state index >= 15 is 0 Å². The number of ether oxygens (including phenoxy) is 2. The fraction of sp³-hybridized carbons (Fsp3) is 0.625. The summed E-state index contributed by atoms with van der Waals surface area (Å²) in [5.74, 6) is -1.37.